The molecule has 21 heavy (non-hydrogen) atoms. The van der Waals surface area contributed by atoms with Crippen molar-refractivity contribution in [1.29, 1.82) is 0 Å². The minimum atomic E-state index is 0.331. The van der Waals surface area contributed by atoms with Crippen LogP contribution in [0.4, 0.5) is 0 Å². The summed E-state index contributed by atoms with van der Waals surface area (Å²) >= 11 is 1.92. The number of rotatable bonds is 5. The molecule has 0 bridgehead atoms. The van der Waals surface area contributed by atoms with E-state index in [1.54, 1.807) is 7.11 Å². The average molecular weight is 308 g/mol. The highest BCUT2D eigenvalue weighted by Gasteiger charge is 2.30. The lowest BCUT2D eigenvalue weighted by Crippen LogP contribution is -2.31. The Bertz CT molecular complexity index is 493. The molecule has 0 saturated carbocycles. The first-order valence-corrected chi connectivity index (χ1v) is 8.69. The van der Waals surface area contributed by atoms with Gasteiger partial charge in [0.2, 0.25) is 0 Å². The van der Waals surface area contributed by atoms with E-state index in [1.807, 2.05) is 17.8 Å². The van der Waals surface area contributed by atoms with Crippen molar-refractivity contribution in [2.45, 2.75) is 18.6 Å². The smallest absolute Gasteiger partial charge is 0.161 e. The number of nitrogens with zero attached hydrogens (tertiary/aromatic N) is 1. The van der Waals surface area contributed by atoms with Crippen LogP contribution in [0.15, 0.2) is 18.2 Å². The van der Waals surface area contributed by atoms with E-state index in [9.17, 15) is 0 Å². The van der Waals surface area contributed by atoms with Crippen molar-refractivity contribution in [1.82, 2.24) is 4.90 Å². The Morgan fingerprint density at radius 3 is 2.71 bits per heavy atom. The van der Waals surface area contributed by atoms with Gasteiger partial charge in [0.1, 0.15) is 6.10 Å². The van der Waals surface area contributed by atoms with Crippen LogP contribution in [0.5, 0.6) is 11.5 Å². The summed E-state index contributed by atoms with van der Waals surface area (Å²) in [5.41, 5.74) is 7.13. The first kappa shape index (κ1) is 15.0. The zero-order chi connectivity index (χ0) is 14.8. The SMILES string of the molecule is COc1ccc(C2CC(CN)CN2C)cc1OC1CSC1. The number of thioether (sulfide) groups is 1. The maximum Gasteiger partial charge on any atom is 0.161 e. The summed E-state index contributed by atoms with van der Waals surface area (Å²) in [7, 11) is 3.87. The van der Waals surface area contributed by atoms with Crippen LogP contribution >= 0.6 is 11.8 Å². The molecule has 2 atom stereocenters. The maximum atomic E-state index is 6.07. The largest absolute Gasteiger partial charge is 0.493 e. The molecule has 0 spiro atoms. The predicted octanol–water partition coefficient (Wildman–Crippen LogP) is 2.14. The Morgan fingerprint density at radius 2 is 2.14 bits per heavy atom. The van der Waals surface area contributed by atoms with Gasteiger partial charge in [-0.3, -0.25) is 4.90 Å². The van der Waals surface area contributed by atoms with E-state index in [2.05, 4.69) is 24.1 Å². The standard InChI is InChI=1S/C16H24N2O2S/c1-18-8-11(7-17)5-14(18)12-3-4-15(19-2)16(6-12)20-13-9-21-10-13/h3-4,6,11,13-14H,5,7-10,17H2,1-2H3. The third-order valence-corrected chi connectivity index (χ3v) is 5.66. The number of benzene rings is 1. The monoisotopic (exact) mass is 308 g/mol. The van der Waals surface area contributed by atoms with E-state index >= 15 is 0 Å². The van der Waals surface area contributed by atoms with Crippen molar-refractivity contribution in [2.24, 2.45) is 11.7 Å². The molecule has 2 aliphatic rings. The van der Waals surface area contributed by atoms with Crippen molar-refractivity contribution >= 4 is 11.8 Å². The van der Waals surface area contributed by atoms with Crippen LogP contribution in [-0.4, -0.2) is 49.8 Å². The van der Waals surface area contributed by atoms with Crippen LogP contribution in [0.2, 0.25) is 0 Å². The fourth-order valence-electron chi connectivity index (χ4n) is 3.12. The van der Waals surface area contributed by atoms with Gasteiger partial charge in [0.05, 0.1) is 7.11 Å². The number of hydrogen-bond acceptors (Lipinski definition) is 5. The predicted molar refractivity (Wildman–Crippen MR) is 87.3 cm³/mol. The first-order valence-electron chi connectivity index (χ1n) is 7.54. The third-order valence-electron chi connectivity index (χ3n) is 4.44. The van der Waals surface area contributed by atoms with E-state index in [4.69, 9.17) is 15.2 Å². The summed E-state index contributed by atoms with van der Waals surface area (Å²) in [5, 5.41) is 0. The molecule has 5 heteroatoms. The van der Waals surface area contributed by atoms with Gasteiger partial charge < -0.3 is 15.2 Å². The van der Waals surface area contributed by atoms with Gasteiger partial charge in [0.15, 0.2) is 11.5 Å². The van der Waals surface area contributed by atoms with E-state index in [1.165, 1.54) is 5.56 Å². The lowest BCUT2D eigenvalue weighted by Gasteiger charge is -2.27. The summed E-state index contributed by atoms with van der Waals surface area (Å²) < 4.78 is 11.5. The zero-order valence-electron chi connectivity index (χ0n) is 12.7. The highest BCUT2D eigenvalue weighted by Crippen LogP contribution is 2.39. The Hall–Kier alpha value is -0.910. The highest BCUT2D eigenvalue weighted by molar-refractivity contribution is 8.00. The molecule has 2 N–H and O–H groups in total. The average Bonchev–Trinajstić information content (AvgIpc) is 2.84. The van der Waals surface area contributed by atoms with Crippen LogP contribution in [0.25, 0.3) is 0 Å². The molecule has 2 saturated heterocycles. The second kappa shape index (κ2) is 6.46. The summed E-state index contributed by atoms with van der Waals surface area (Å²) in [5.74, 6) is 4.45. The van der Waals surface area contributed by atoms with Gasteiger partial charge in [-0.05, 0) is 43.6 Å². The third kappa shape index (κ3) is 3.15. The second-order valence-corrected chi connectivity index (χ2v) is 7.06. The van der Waals surface area contributed by atoms with Gasteiger partial charge in [0.25, 0.3) is 0 Å². The van der Waals surface area contributed by atoms with Gasteiger partial charge in [0, 0.05) is 24.1 Å². The van der Waals surface area contributed by atoms with E-state index in [0.717, 1.165) is 42.5 Å². The summed E-state index contributed by atoms with van der Waals surface area (Å²) in [6.07, 6.45) is 1.45. The van der Waals surface area contributed by atoms with Crippen LogP contribution in [0.3, 0.4) is 0 Å². The number of ether oxygens (including phenoxy) is 2. The Balaban J connectivity index is 1.80. The Labute approximate surface area is 131 Å². The molecular formula is C16H24N2O2S. The van der Waals surface area contributed by atoms with Crippen molar-refractivity contribution in [3.63, 3.8) is 0 Å². The fraction of sp³-hybridized carbons (Fsp3) is 0.625. The molecule has 2 aliphatic heterocycles. The Kier molecular flexibility index (Phi) is 4.62. The molecule has 3 rings (SSSR count). The summed E-state index contributed by atoms with van der Waals surface area (Å²) in [6.45, 7) is 1.84. The van der Waals surface area contributed by atoms with Crippen molar-refractivity contribution in [3.05, 3.63) is 23.8 Å². The second-order valence-electron chi connectivity index (χ2n) is 5.98. The van der Waals surface area contributed by atoms with Crippen LogP contribution in [0.1, 0.15) is 18.0 Å². The van der Waals surface area contributed by atoms with E-state index in [-0.39, 0.29) is 0 Å². The summed E-state index contributed by atoms with van der Waals surface area (Å²) in [6, 6.07) is 6.77. The zero-order valence-corrected chi connectivity index (χ0v) is 13.6. The molecule has 116 valence electrons. The normalized spacial score (nSPS) is 26.6. The number of likely N-dealkylation sites (tertiary alicyclic amines) is 1. The fourth-order valence-corrected chi connectivity index (χ4v) is 3.68. The van der Waals surface area contributed by atoms with Gasteiger partial charge >= 0.3 is 0 Å². The van der Waals surface area contributed by atoms with Crippen molar-refractivity contribution in [3.8, 4) is 11.5 Å². The van der Waals surface area contributed by atoms with Crippen LogP contribution in [-0.2, 0) is 0 Å². The van der Waals surface area contributed by atoms with Gasteiger partial charge in [-0.25, -0.2) is 0 Å². The highest BCUT2D eigenvalue weighted by atomic mass is 32.2. The molecule has 1 aromatic carbocycles. The van der Waals surface area contributed by atoms with E-state index in [0.29, 0.717) is 18.1 Å². The minimum Gasteiger partial charge on any atom is -0.493 e. The molecule has 0 aliphatic carbocycles. The first-order chi connectivity index (χ1) is 10.2. The molecule has 0 amide bonds. The summed E-state index contributed by atoms with van der Waals surface area (Å²) in [4.78, 5) is 2.39. The lowest BCUT2D eigenvalue weighted by molar-refractivity contribution is 0.227. The molecule has 2 fully saturated rings. The topological polar surface area (TPSA) is 47.7 Å². The minimum absolute atomic E-state index is 0.331. The van der Waals surface area contributed by atoms with Gasteiger partial charge in [-0.15, -0.1) is 0 Å². The number of nitrogens with two attached hydrogens (primary N) is 1. The molecular weight excluding hydrogens is 284 g/mol. The number of methoxy groups -OCH3 is 1. The Morgan fingerprint density at radius 1 is 1.33 bits per heavy atom. The lowest BCUT2D eigenvalue weighted by atomic mass is 9.99. The van der Waals surface area contributed by atoms with Gasteiger partial charge in [-0.2, -0.15) is 11.8 Å². The molecule has 0 radical (unpaired) electrons. The van der Waals surface area contributed by atoms with Gasteiger partial charge in [-0.1, -0.05) is 6.07 Å². The van der Waals surface area contributed by atoms with E-state index < -0.39 is 0 Å². The molecule has 4 nitrogen and oxygen atoms in total. The molecule has 1 aromatic rings. The number of hydrogen-bond donors (Lipinski definition) is 1. The van der Waals surface area contributed by atoms with Crippen LogP contribution < -0.4 is 15.2 Å². The molecule has 2 heterocycles. The molecule has 0 aromatic heterocycles. The maximum absolute atomic E-state index is 6.07. The van der Waals surface area contributed by atoms with Crippen molar-refractivity contribution in [2.75, 3.05) is 38.8 Å². The molecule has 2 unspecified atom stereocenters. The quantitative estimate of drug-likeness (QED) is 0.903. The van der Waals surface area contributed by atoms with Crippen LogP contribution in [0, 0.1) is 5.92 Å². The van der Waals surface area contributed by atoms with Crippen molar-refractivity contribution < 1.29 is 9.47 Å².